The van der Waals surface area contributed by atoms with Crippen molar-refractivity contribution in [1.82, 2.24) is 5.32 Å². The van der Waals surface area contributed by atoms with Crippen molar-refractivity contribution in [1.29, 1.82) is 0 Å². The Kier molecular flexibility index (Phi) is 9.95. The molecule has 26 heavy (non-hydrogen) atoms. The van der Waals surface area contributed by atoms with Gasteiger partial charge in [-0.2, -0.15) is 0 Å². The molecule has 1 atom stereocenters. The molecule has 1 aliphatic rings. The topological polar surface area (TPSA) is 59.6 Å². The summed E-state index contributed by atoms with van der Waals surface area (Å²) in [6, 6.07) is 8.00. The standard InChI is InChI=1S/C21H34N2O3/c1-2-3-4-5-10-16-25-20-13-7-6-12-19(20)23-21(24)26-17-14-18-11-8-9-15-22-18/h6-7,12-13,18,22H,2-5,8-11,14-17H2,1H3,(H,23,24). The average Bonchev–Trinajstić information content (AvgIpc) is 2.66. The summed E-state index contributed by atoms with van der Waals surface area (Å²) >= 11 is 0. The number of para-hydroxylation sites is 2. The summed E-state index contributed by atoms with van der Waals surface area (Å²) in [7, 11) is 0. The number of anilines is 1. The lowest BCUT2D eigenvalue weighted by Crippen LogP contribution is -2.35. The van der Waals surface area contributed by atoms with Gasteiger partial charge in [0.15, 0.2) is 0 Å². The summed E-state index contributed by atoms with van der Waals surface area (Å²) in [5.74, 6) is 0.703. The van der Waals surface area contributed by atoms with Crippen LogP contribution in [0.25, 0.3) is 0 Å². The van der Waals surface area contributed by atoms with Gasteiger partial charge >= 0.3 is 6.09 Å². The third-order valence-electron chi connectivity index (χ3n) is 4.74. The number of amides is 1. The first-order valence-corrected chi connectivity index (χ1v) is 10.2. The van der Waals surface area contributed by atoms with Crippen LogP contribution in [0.4, 0.5) is 10.5 Å². The SMILES string of the molecule is CCCCCCCOc1ccccc1NC(=O)OCCC1CCCCN1. The zero-order valence-corrected chi connectivity index (χ0v) is 16.1. The van der Waals surface area contributed by atoms with E-state index in [1.165, 1.54) is 44.9 Å². The first-order valence-electron chi connectivity index (χ1n) is 10.2. The fourth-order valence-corrected chi connectivity index (χ4v) is 3.19. The Morgan fingerprint density at radius 3 is 2.81 bits per heavy atom. The molecule has 5 heteroatoms. The third-order valence-corrected chi connectivity index (χ3v) is 4.74. The quantitative estimate of drug-likeness (QED) is 0.537. The molecule has 1 saturated heterocycles. The lowest BCUT2D eigenvalue weighted by Gasteiger charge is -2.23. The first kappa shape index (κ1) is 20.6. The van der Waals surface area contributed by atoms with Gasteiger partial charge in [-0.15, -0.1) is 0 Å². The van der Waals surface area contributed by atoms with Crippen LogP contribution in [0.5, 0.6) is 5.75 Å². The fourth-order valence-electron chi connectivity index (χ4n) is 3.19. The molecule has 0 saturated carbocycles. The van der Waals surface area contributed by atoms with E-state index >= 15 is 0 Å². The molecular weight excluding hydrogens is 328 g/mol. The molecule has 0 bridgehead atoms. The summed E-state index contributed by atoms with van der Waals surface area (Å²) in [5.41, 5.74) is 0.668. The fraction of sp³-hybridized carbons (Fsp3) is 0.667. The van der Waals surface area contributed by atoms with Gasteiger partial charge in [-0.25, -0.2) is 4.79 Å². The van der Waals surface area contributed by atoms with Crippen molar-refractivity contribution in [3.8, 4) is 5.75 Å². The van der Waals surface area contributed by atoms with Gasteiger partial charge in [-0.3, -0.25) is 5.32 Å². The predicted molar refractivity (Wildman–Crippen MR) is 106 cm³/mol. The van der Waals surface area contributed by atoms with Crippen molar-refractivity contribution in [2.75, 3.05) is 25.1 Å². The van der Waals surface area contributed by atoms with E-state index in [0.29, 0.717) is 30.7 Å². The molecular formula is C21H34N2O3. The van der Waals surface area contributed by atoms with E-state index < -0.39 is 6.09 Å². The van der Waals surface area contributed by atoms with E-state index in [1.54, 1.807) is 0 Å². The second-order valence-electron chi connectivity index (χ2n) is 6.96. The second kappa shape index (κ2) is 12.6. The molecule has 1 aliphatic heterocycles. The molecule has 0 spiro atoms. The summed E-state index contributed by atoms with van der Waals surface area (Å²) < 4.78 is 11.2. The van der Waals surface area contributed by atoms with Crippen LogP contribution in [0.3, 0.4) is 0 Å². The van der Waals surface area contributed by atoms with Crippen molar-refractivity contribution in [3.05, 3.63) is 24.3 Å². The van der Waals surface area contributed by atoms with Gasteiger partial charge in [0.1, 0.15) is 5.75 Å². The van der Waals surface area contributed by atoms with Crippen LogP contribution in [0.2, 0.25) is 0 Å². The van der Waals surface area contributed by atoms with Gasteiger partial charge < -0.3 is 14.8 Å². The van der Waals surface area contributed by atoms with Gasteiger partial charge in [0, 0.05) is 6.04 Å². The Bertz CT molecular complexity index is 516. The second-order valence-corrected chi connectivity index (χ2v) is 6.96. The number of hydrogen-bond donors (Lipinski definition) is 2. The first-order chi connectivity index (χ1) is 12.8. The Morgan fingerprint density at radius 2 is 2.00 bits per heavy atom. The van der Waals surface area contributed by atoms with Crippen molar-refractivity contribution in [3.63, 3.8) is 0 Å². The molecule has 1 unspecified atom stereocenters. The van der Waals surface area contributed by atoms with Gasteiger partial charge in [0.25, 0.3) is 0 Å². The van der Waals surface area contributed by atoms with E-state index in [-0.39, 0.29) is 0 Å². The number of nitrogens with one attached hydrogen (secondary N) is 2. The van der Waals surface area contributed by atoms with Gasteiger partial charge in [0.2, 0.25) is 0 Å². The molecule has 1 fully saturated rings. The molecule has 1 aromatic carbocycles. The van der Waals surface area contributed by atoms with Crippen LogP contribution in [0.15, 0.2) is 24.3 Å². The zero-order chi connectivity index (χ0) is 18.5. The molecule has 2 rings (SSSR count). The van der Waals surface area contributed by atoms with Crippen molar-refractivity contribution in [2.45, 2.75) is 70.8 Å². The molecule has 0 aliphatic carbocycles. The third kappa shape index (κ3) is 8.09. The molecule has 1 heterocycles. The Labute approximate surface area is 157 Å². The maximum Gasteiger partial charge on any atom is 0.411 e. The number of hydrogen-bond acceptors (Lipinski definition) is 4. The Balaban J connectivity index is 1.67. The highest BCUT2D eigenvalue weighted by Gasteiger charge is 2.14. The summed E-state index contributed by atoms with van der Waals surface area (Å²) in [6.45, 7) is 4.39. The molecule has 1 amide bonds. The number of benzene rings is 1. The van der Waals surface area contributed by atoms with E-state index in [4.69, 9.17) is 9.47 Å². The van der Waals surface area contributed by atoms with Crippen LogP contribution in [0, 0.1) is 0 Å². The number of piperidine rings is 1. The maximum atomic E-state index is 12.0. The van der Waals surface area contributed by atoms with E-state index in [0.717, 1.165) is 19.4 Å². The Morgan fingerprint density at radius 1 is 1.15 bits per heavy atom. The highest BCUT2D eigenvalue weighted by atomic mass is 16.5. The van der Waals surface area contributed by atoms with Crippen molar-refractivity contribution in [2.24, 2.45) is 0 Å². The van der Waals surface area contributed by atoms with Gasteiger partial charge in [-0.05, 0) is 44.4 Å². The molecule has 2 N–H and O–H groups in total. The van der Waals surface area contributed by atoms with Crippen LogP contribution in [0.1, 0.15) is 64.7 Å². The minimum absolute atomic E-state index is 0.417. The van der Waals surface area contributed by atoms with Crippen molar-refractivity contribution >= 4 is 11.8 Å². The summed E-state index contributed by atoms with van der Waals surface area (Å²) in [5, 5.41) is 6.26. The highest BCUT2D eigenvalue weighted by Crippen LogP contribution is 2.24. The van der Waals surface area contributed by atoms with Crippen LogP contribution >= 0.6 is 0 Å². The lowest BCUT2D eigenvalue weighted by atomic mass is 10.0. The average molecular weight is 363 g/mol. The predicted octanol–water partition coefficient (Wildman–Crippen LogP) is 5.12. The molecule has 146 valence electrons. The highest BCUT2D eigenvalue weighted by molar-refractivity contribution is 5.86. The largest absolute Gasteiger partial charge is 0.491 e. The molecule has 5 nitrogen and oxygen atoms in total. The monoisotopic (exact) mass is 362 g/mol. The van der Waals surface area contributed by atoms with Gasteiger partial charge in [0.05, 0.1) is 18.9 Å². The normalized spacial score (nSPS) is 16.9. The van der Waals surface area contributed by atoms with E-state index in [1.807, 2.05) is 24.3 Å². The summed E-state index contributed by atoms with van der Waals surface area (Å²) in [6.07, 6.45) is 10.1. The molecule has 0 radical (unpaired) electrons. The number of carbonyl (C=O) groups is 1. The number of ether oxygens (including phenoxy) is 2. The summed E-state index contributed by atoms with van der Waals surface area (Å²) in [4.78, 5) is 12.0. The van der Waals surface area contributed by atoms with Crippen LogP contribution in [-0.2, 0) is 4.74 Å². The lowest BCUT2D eigenvalue weighted by molar-refractivity contribution is 0.153. The van der Waals surface area contributed by atoms with Crippen LogP contribution in [-0.4, -0.2) is 31.9 Å². The van der Waals surface area contributed by atoms with E-state index in [9.17, 15) is 4.79 Å². The number of carbonyl (C=O) groups excluding carboxylic acids is 1. The maximum absolute atomic E-state index is 12.0. The van der Waals surface area contributed by atoms with Crippen LogP contribution < -0.4 is 15.4 Å². The van der Waals surface area contributed by atoms with Crippen molar-refractivity contribution < 1.29 is 14.3 Å². The minimum atomic E-state index is -0.417. The number of unbranched alkanes of at least 4 members (excludes halogenated alkanes) is 4. The Hall–Kier alpha value is -1.75. The van der Waals surface area contributed by atoms with E-state index in [2.05, 4.69) is 17.6 Å². The minimum Gasteiger partial charge on any atom is -0.491 e. The molecule has 0 aromatic heterocycles. The van der Waals surface area contributed by atoms with Gasteiger partial charge in [-0.1, -0.05) is 51.2 Å². The smallest absolute Gasteiger partial charge is 0.411 e. The molecule has 1 aromatic rings. The number of rotatable bonds is 11. The zero-order valence-electron chi connectivity index (χ0n) is 16.1.